The van der Waals surface area contributed by atoms with Crippen molar-refractivity contribution in [2.45, 2.75) is 271 Å². The Balaban J connectivity index is 4.36. The smallest absolute Gasteiger partial charge is 0.309 e. The minimum absolute atomic E-state index is 0.0308. The molecule has 0 fully saturated rings. The molecule has 0 aromatic rings. The molecule has 1 atom stereocenters. The average molecular weight is 893 g/mol. The van der Waals surface area contributed by atoms with Crippen molar-refractivity contribution in [2.24, 2.45) is 0 Å². The molecular weight excluding hydrogens is 789 g/mol. The van der Waals surface area contributed by atoms with Crippen LogP contribution in [0.5, 0.6) is 0 Å². The summed E-state index contributed by atoms with van der Waals surface area (Å²) in [4.78, 5) is 25.4. The molecule has 0 aromatic heterocycles. The largest absolute Gasteiger partial charge is 0.461 e. The molecular formula is C59H104O5. The Bertz CT molecular complexity index is 1150. The van der Waals surface area contributed by atoms with Crippen LogP contribution in [0, 0.1) is 0 Å². The van der Waals surface area contributed by atoms with Gasteiger partial charge in [0.1, 0.15) is 6.61 Å². The summed E-state index contributed by atoms with van der Waals surface area (Å²) < 4.78 is 17.3. The fourth-order valence-corrected chi connectivity index (χ4v) is 7.70. The Morgan fingerprint density at radius 2 is 0.750 bits per heavy atom. The van der Waals surface area contributed by atoms with Gasteiger partial charge in [-0.3, -0.25) is 9.59 Å². The summed E-state index contributed by atoms with van der Waals surface area (Å²) in [6.45, 7) is 7.63. The van der Waals surface area contributed by atoms with E-state index >= 15 is 0 Å². The lowest BCUT2D eigenvalue weighted by atomic mass is 10.0. The van der Waals surface area contributed by atoms with E-state index in [4.69, 9.17) is 14.2 Å². The second kappa shape index (κ2) is 54.7. The molecule has 5 heteroatoms. The maximum atomic E-state index is 12.8. The lowest BCUT2D eigenvalue weighted by Crippen LogP contribution is -2.30. The Kier molecular flexibility index (Phi) is 52.4. The zero-order valence-corrected chi connectivity index (χ0v) is 42.5. The van der Waals surface area contributed by atoms with Crippen LogP contribution >= 0.6 is 0 Å². The number of unbranched alkanes of at least 4 members (excludes halogenated alkanes) is 28. The fraction of sp³-hybridized carbons (Fsp3) is 0.763. The molecule has 0 amide bonds. The molecule has 0 saturated heterocycles. The molecule has 0 rings (SSSR count). The third-order valence-electron chi connectivity index (χ3n) is 11.8. The van der Waals surface area contributed by atoms with Crippen molar-refractivity contribution in [1.82, 2.24) is 0 Å². The summed E-state index contributed by atoms with van der Waals surface area (Å²) in [5.41, 5.74) is 0. The van der Waals surface area contributed by atoms with E-state index in [0.29, 0.717) is 13.0 Å². The first-order valence-corrected chi connectivity index (χ1v) is 27.5. The van der Waals surface area contributed by atoms with Gasteiger partial charge in [0, 0.05) is 13.0 Å². The lowest BCUT2D eigenvalue weighted by Gasteiger charge is -2.18. The first kappa shape index (κ1) is 61.3. The van der Waals surface area contributed by atoms with Crippen LogP contribution in [0.25, 0.3) is 0 Å². The molecule has 0 spiro atoms. The monoisotopic (exact) mass is 893 g/mol. The highest BCUT2D eigenvalue weighted by Crippen LogP contribution is 2.15. The number of carbonyl (C=O) groups excluding carboxylic acids is 2. The molecule has 0 radical (unpaired) electrons. The minimum atomic E-state index is -0.577. The van der Waals surface area contributed by atoms with Gasteiger partial charge in [-0.1, -0.05) is 254 Å². The van der Waals surface area contributed by atoms with E-state index in [1.54, 1.807) is 0 Å². The highest BCUT2D eigenvalue weighted by atomic mass is 16.6. The molecule has 0 saturated carbocycles. The number of ether oxygens (including phenoxy) is 3. The maximum Gasteiger partial charge on any atom is 0.309 e. The molecule has 5 nitrogen and oxygen atoms in total. The van der Waals surface area contributed by atoms with Crippen molar-refractivity contribution < 1.29 is 23.8 Å². The van der Waals surface area contributed by atoms with Crippen molar-refractivity contribution in [2.75, 3.05) is 19.8 Å². The van der Waals surface area contributed by atoms with Crippen LogP contribution in [0.3, 0.4) is 0 Å². The van der Waals surface area contributed by atoms with E-state index < -0.39 is 6.10 Å². The number of allylic oxidation sites excluding steroid dienone is 11. The van der Waals surface area contributed by atoms with Crippen LogP contribution in [-0.2, 0) is 23.8 Å². The summed E-state index contributed by atoms with van der Waals surface area (Å²) >= 11 is 0. The van der Waals surface area contributed by atoms with Crippen LogP contribution in [-0.4, -0.2) is 37.9 Å². The van der Waals surface area contributed by atoms with Crippen LogP contribution in [0.15, 0.2) is 72.9 Å². The Morgan fingerprint density at radius 3 is 1.19 bits per heavy atom. The number of hydrogen-bond acceptors (Lipinski definition) is 5. The topological polar surface area (TPSA) is 61.8 Å². The molecule has 64 heavy (non-hydrogen) atoms. The SMILES string of the molecule is CC/C=C\C/C=C\C/C=C\C/C=C\C/C=C\CC(=O)OCC(COCCCCCCCCCC/C=C\CCCCCCCC)OC(=O)CCCCCCCCCCCCCCCCC. The van der Waals surface area contributed by atoms with Crippen LogP contribution in [0.4, 0.5) is 0 Å². The van der Waals surface area contributed by atoms with Gasteiger partial charge in [-0.15, -0.1) is 0 Å². The number of carbonyl (C=O) groups is 2. The van der Waals surface area contributed by atoms with Crippen molar-refractivity contribution in [3.05, 3.63) is 72.9 Å². The highest BCUT2D eigenvalue weighted by Gasteiger charge is 2.17. The third-order valence-corrected chi connectivity index (χ3v) is 11.8. The molecule has 0 N–H and O–H groups in total. The first-order chi connectivity index (χ1) is 31.6. The predicted octanol–water partition coefficient (Wildman–Crippen LogP) is 18.7. The summed E-state index contributed by atoms with van der Waals surface area (Å²) in [7, 11) is 0. The fourth-order valence-electron chi connectivity index (χ4n) is 7.70. The molecule has 0 aliphatic heterocycles. The lowest BCUT2D eigenvalue weighted by molar-refractivity contribution is -0.162. The Labute approximate surface area is 397 Å². The highest BCUT2D eigenvalue weighted by molar-refractivity contribution is 5.71. The van der Waals surface area contributed by atoms with Gasteiger partial charge in [-0.2, -0.15) is 0 Å². The first-order valence-electron chi connectivity index (χ1n) is 27.5. The van der Waals surface area contributed by atoms with Crippen LogP contribution in [0.2, 0.25) is 0 Å². The van der Waals surface area contributed by atoms with Gasteiger partial charge in [-0.05, 0) is 70.6 Å². The number of rotatable bonds is 50. The third kappa shape index (κ3) is 52.0. The quantitative estimate of drug-likeness (QED) is 0.0346. The predicted molar refractivity (Wildman–Crippen MR) is 279 cm³/mol. The van der Waals surface area contributed by atoms with Crippen molar-refractivity contribution in [3.8, 4) is 0 Å². The van der Waals surface area contributed by atoms with Crippen LogP contribution in [0.1, 0.15) is 265 Å². The van der Waals surface area contributed by atoms with Gasteiger partial charge < -0.3 is 14.2 Å². The van der Waals surface area contributed by atoms with Gasteiger partial charge in [0.05, 0.1) is 13.0 Å². The standard InChI is InChI=1S/C59H104O5/c1-4-7-10-13-16-19-22-25-28-29-30-33-36-39-42-45-48-51-54-62-55-57(64-59(61)53-50-47-44-41-38-35-32-27-24-21-18-15-12-9-6-3)56-63-58(60)52-49-46-43-40-37-34-31-26-23-20-17-14-11-8-5-2/h8,11,17,20,25-26,28,31,37,40,46,49,57H,4-7,9-10,12-16,18-19,21-24,27,29-30,32-36,38-39,41-45,47-48,50-56H2,1-3H3/b11-8-,20-17-,28-25-,31-26-,40-37-,49-46-. The summed E-state index contributed by atoms with van der Waals surface area (Å²) in [5.74, 6) is -0.536. The van der Waals surface area contributed by atoms with Crippen molar-refractivity contribution in [1.29, 1.82) is 0 Å². The van der Waals surface area contributed by atoms with E-state index in [0.717, 1.165) is 57.8 Å². The van der Waals surface area contributed by atoms with Crippen molar-refractivity contribution >= 4 is 11.9 Å². The molecule has 0 bridgehead atoms. The Morgan fingerprint density at radius 1 is 0.375 bits per heavy atom. The van der Waals surface area contributed by atoms with Gasteiger partial charge in [0.25, 0.3) is 0 Å². The van der Waals surface area contributed by atoms with E-state index in [1.165, 1.54) is 173 Å². The number of esters is 2. The Hall–Kier alpha value is -2.66. The van der Waals surface area contributed by atoms with Crippen LogP contribution < -0.4 is 0 Å². The van der Waals surface area contributed by atoms with Gasteiger partial charge in [0.15, 0.2) is 6.10 Å². The molecule has 0 aliphatic rings. The zero-order valence-electron chi connectivity index (χ0n) is 42.5. The average Bonchev–Trinajstić information content (AvgIpc) is 3.30. The molecule has 0 aromatic carbocycles. The van der Waals surface area contributed by atoms with Gasteiger partial charge in [0.2, 0.25) is 0 Å². The summed E-state index contributed by atoms with van der Waals surface area (Å²) in [6.07, 6.45) is 70.9. The summed E-state index contributed by atoms with van der Waals surface area (Å²) in [5, 5.41) is 0. The van der Waals surface area contributed by atoms with Gasteiger partial charge >= 0.3 is 11.9 Å². The van der Waals surface area contributed by atoms with E-state index in [9.17, 15) is 9.59 Å². The van der Waals surface area contributed by atoms with Gasteiger partial charge in [-0.25, -0.2) is 0 Å². The normalized spacial score (nSPS) is 12.7. The number of hydrogen-bond donors (Lipinski definition) is 0. The second-order valence-corrected chi connectivity index (χ2v) is 18.1. The summed E-state index contributed by atoms with van der Waals surface area (Å²) in [6, 6.07) is 0. The molecule has 370 valence electrons. The minimum Gasteiger partial charge on any atom is -0.461 e. The van der Waals surface area contributed by atoms with E-state index in [-0.39, 0.29) is 31.6 Å². The molecule has 1 unspecified atom stereocenters. The van der Waals surface area contributed by atoms with E-state index in [1.807, 2.05) is 12.2 Å². The van der Waals surface area contributed by atoms with Crippen molar-refractivity contribution in [3.63, 3.8) is 0 Å². The maximum absolute atomic E-state index is 12.8. The second-order valence-electron chi connectivity index (χ2n) is 18.1. The molecule has 0 heterocycles. The van der Waals surface area contributed by atoms with E-state index in [2.05, 4.69) is 81.5 Å². The molecule has 0 aliphatic carbocycles. The zero-order chi connectivity index (χ0) is 46.3.